The van der Waals surface area contributed by atoms with Gasteiger partial charge in [-0.05, 0) is 55.4 Å². The topological polar surface area (TPSA) is 81.8 Å². The van der Waals surface area contributed by atoms with Crippen molar-refractivity contribution in [1.29, 1.82) is 0 Å². The minimum absolute atomic E-state index is 0.0301. The number of urea groups is 1. The first-order chi connectivity index (χ1) is 17.0. The van der Waals surface area contributed by atoms with Gasteiger partial charge in [0.1, 0.15) is 0 Å². The van der Waals surface area contributed by atoms with Gasteiger partial charge in [-0.2, -0.15) is 0 Å². The molecule has 0 aromatic heterocycles. The average molecular weight is 475 g/mol. The standard InChI is InChI=1S/C28H34N4O3/c1-19(33)20-10-6-11-24(13-20)29-28(35)30-26-12-5-4-9-23(26)15-31-17-25-14-21-7-2-3-8-22(21)16-32(25)27(34)18-31/h2-3,6-8,10-11,13,23,25-26H,4-5,9,12,14-18H2,1H3,(H2,29,30,35)/t23?,25?,26-/m1/s1. The Balaban J connectivity index is 1.20. The minimum Gasteiger partial charge on any atom is -0.335 e. The highest BCUT2D eigenvalue weighted by atomic mass is 16.2. The molecule has 0 spiro atoms. The molecule has 2 unspecified atom stereocenters. The average Bonchev–Trinajstić information content (AvgIpc) is 2.84. The zero-order chi connectivity index (χ0) is 24.4. The molecule has 0 bridgehead atoms. The third-order valence-electron chi connectivity index (χ3n) is 7.75. The Morgan fingerprint density at radius 3 is 2.63 bits per heavy atom. The molecule has 0 radical (unpaired) electrons. The number of anilines is 1. The Morgan fingerprint density at radius 2 is 1.80 bits per heavy atom. The molecule has 3 amide bonds. The second-order valence-electron chi connectivity index (χ2n) is 10.2. The number of benzene rings is 2. The van der Waals surface area contributed by atoms with E-state index in [1.807, 2.05) is 6.07 Å². The summed E-state index contributed by atoms with van der Waals surface area (Å²) < 4.78 is 0. The van der Waals surface area contributed by atoms with Crippen LogP contribution in [-0.4, -0.2) is 59.2 Å². The van der Waals surface area contributed by atoms with Gasteiger partial charge in [0.05, 0.1) is 6.54 Å². The molecule has 7 nitrogen and oxygen atoms in total. The summed E-state index contributed by atoms with van der Waals surface area (Å²) in [6.45, 7) is 4.39. The fourth-order valence-electron chi connectivity index (χ4n) is 5.93. The number of Topliss-reactive ketones (excluding diaryl/α,β-unsaturated/α-hetero) is 1. The highest BCUT2D eigenvalue weighted by Crippen LogP contribution is 2.30. The molecular formula is C28H34N4O3. The molecule has 184 valence electrons. The van der Waals surface area contributed by atoms with Gasteiger partial charge in [-0.25, -0.2) is 4.79 Å². The monoisotopic (exact) mass is 474 g/mol. The van der Waals surface area contributed by atoms with Gasteiger partial charge >= 0.3 is 6.03 Å². The number of ketones is 1. The summed E-state index contributed by atoms with van der Waals surface area (Å²) in [4.78, 5) is 41.8. The minimum atomic E-state index is -0.243. The molecule has 3 atom stereocenters. The molecule has 5 rings (SSSR count). The maximum absolute atomic E-state index is 13.0. The summed E-state index contributed by atoms with van der Waals surface area (Å²) in [5, 5.41) is 6.06. The normalized spacial score (nSPS) is 24.3. The first kappa shape index (κ1) is 23.5. The van der Waals surface area contributed by atoms with Gasteiger partial charge in [-0.1, -0.05) is 49.2 Å². The number of piperazine rings is 1. The van der Waals surface area contributed by atoms with Crippen LogP contribution in [0.5, 0.6) is 0 Å². The van der Waals surface area contributed by atoms with Crippen LogP contribution in [-0.2, 0) is 17.8 Å². The lowest BCUT2D eigenvalue weighted by molar-refractivity contribution is -0.141. The Labute approximate surface area is 206 Å². The van der Waals surface area contributed by atoms with Crippen molar-refractivity contribution in [2.75, 3.05) is 25.0 Å². The number of carbonyl (C=O) groups excluding carboxylic acids is 3. The van der Waals surface area contributed by atoms with E-state index in [4.69, 9.17) is 0 Å². The third kappa shape index (κ3) is 5.40. The molecular weight excluding hydrogens is 440 g/mol. The first-order valence-electron chi connectivity index (χ1n) is 12.7. The number of amides is 3. The molecule has 1 saturated heterocycles. The third-order valence-corrected chi connectivity index (χ3v) is 7.75. The molecule has 3 aliphatic rings. The van der Waals surface area contributed by atoms with Crippen LogP contribution in [0.1, 0.15) is 54.1 Å². The van der Waals surface area contributed by atoms with Gasteiger partial charge in [0.2, 0.25) is 5.91 Å². The van der Waals surface area contributed by atoms with Gasteiger partial charge < -0.3 is 15.5 Å². The van der Waals surface area contributed by atoms with Crippen LogP contribution in [0.4, 0.5) is 10.5 Å². The predicted molar refractivity (Wildman–Crippen MR) is 135 cm³/mol. The van der Waals surface area contributed by atoms with Crippen molar-refractivity contribution in [3.05, 3.63) is 65.2 Å². The molecule has 2 fully saturated rings. The molecule has 2 N–H and O–H groups in total. The number of nitrogens with one attached hydrogen (secondary N) is 2. The second-order valence-corrected chi connectivity index (χ2v) is 10.2. The van der Waals surface area contributed by atoms with Gasteiger partial charge in [0.15, 0.2) is 5.78 Å². The lowest BCUT2D eigenvalue weighted by atomic mass is 9.83. The van der Waals surface area contributed by atoms with Gasteiger partial charge in [-0.15, -0.1) is 0 Å². The number of fused-ring (bicyclic) bond motifs is 2. The van der Waals surface area contributed by atoms with Crippen molar-refractivity contribution >= 4 is 23.4 Å². The van der Waals surface area contributed by atoms with Crippen LogP contribution in [0.25, 0.3) is 0 Å². The largest absolute Gasteiger partial charge is 0.335 e. The lowest BCUT2D eigenvalue weighted by Gasteiger charge is -2.46. The predicted octanol–water partition coefficient (Wildman–Crippen LogP) is 3.84. The maximum atomic E-state index is 13.0. The molecule has 2 aromatic carbocycles. The van der Waals surface area contributed by atoms with Crippen LogP contribution in [0.2, 0.25) is 0 Å². The molecule has 35 heavy (non-hydrogen) atoms. The summed E-state index contributed by atoms with van der Waals surface area (Å²) in [5.74, 6) is 0.491. The van der Waals surface area contributed by atoms with E-state index < -0.39 is 0 Å². The van der Waals surface area contributed by atoms with Gasteiger partial charge in [-0.3, -0.25) is 14.5 Å². The number of hydrogen-bond donors (Lipinski definition) is 2. The Hall–Kier alpha value is -3.19. The van der Waals surface area contributed by atoms with E-state index in [0.717, 1.165) is 45.2 Å². The van der Waals surface area contributed by atoms with Gasteiger partial charge in [0, 0.05) is 43.0 Å². The van der Waals surface area contributed by atoms with E-state index in [2.05, 4.69) is 38.6 Å². The zero-order valence-electron chi connectivity index (χ0n) is 20.3. The first-order valence-corrected chi connectivity index (χ1v) is 12.7. The van der Waals surface area contributed by atoms with Gasteiger partial charge in [0.25, 0.3) is 0 Å². The number of carbonyl (C=O) groups is 3. The summed E-state index contributed by atoms with van der Waals surface area (Å²) in [7, 11) is 0. The van der Waals surface area contributed by atoms with Crippen LogP contribution < -0.4 is 10.6 Å². The second kappa shape index (κ2) is 10.2. The maximum Gasteiger partial charge on any atom is 0.319 e. The van der Waals surface area contributed by atoms with Crippen molar-refractivity contribution in [2.24, 2.45) is 5.92 Å². The van der Waals surface area contributed by atoms with Crippen molar-refractivity contribution in [3.8, 4) is 0 Å². The fraction of sp³-hybridized carbons (Fsp3) is 0.464. The van der Waals surface area contributed by atoms with E-state index in [-0.39, 0.29) is 29.8 Å². The van der Waals surface area contributed by atoms with E-state index in [9.17, 15) is 14.4 Å². The molecule has 7 heteroatoms. The zero-order valence-corrected chi connectivity index (χ0v) is 20.3. The summed E-state index contributed by atoms with van der Waals surface area (Å²) in [6, 6.07) is 15.5. The molecule has 1 aliphatic carbocycles. The quantitative estimate of drug-likeness (QED) is 0.645. The van der Waals surface area contributed by atoms with Crippen LogP contribution in [0.3, 0.4) is 0 Å². The molecule has 1 saturated carbocycles. The van der Waals surface area contributed by atoms with Crippen LogP contribution in [0, 0.1) is 5.92 Å². The SMILES string of the molecule is CC(=O)c1cccc(NC(=O)N[C@@H]2CCCCC2CN2CC(=O)N3Cc4ccccc4CC3C2)c1. The summed E-state index contributed by atoms with van der Waals surface area (Å²) in [5.41, 5.74) is 3.81. The number of hydrogen-bond acceptors (Lipinski definition) is 4. The molecule has 2 heterocycles. The van der Waals surface area contributed by atoms with Crippen molar-refractivity contribution in [1.82, 2.24) is 15.1 Å². The Morgan fingerprint density at radius 1 is 1.00 bits per heavy atom. The lowest BCUT2D eigenvalue weighted by Crippen LogP contribution is -2.59. The van der Waals surface area contributed by atoms with Crippen LogP contribution in [0.15, 0.2) is 48.5 Å². The van der Waals surface area contributed by atoms with Crippen LogP contribution >= 0.6 is 0 Å². The highest BCUT2D eigenvalue weighted by molar-refractivity contribution is 5.96. The van der Waals surface area contributed by atoms with E-state index >= 15 is 0 Å². The highest BCUT2D eigenvalue weighted by Gasteiger charge is 2.37. The van der Waals surface area contributed by atoms with Crippen molar-refractivity contribution in [3.63, 3.8) is 0 Å². The van der Waals surface area contributed by atoms with E-state index in [0.29, 0.717) is 30.3 Å². The summed E-state index contributed by atoms with van der Waals surface area (Å²) in [6.07, 6.45) is 5.14. The molecule has 2 aliphatic heterocycles. The molecule has 2 aromatic rings. The van der Waals surface area contributed by atoms with Crippen molar-refractivity contribution < 1.29 is 14.4 Å². The fourth-order valence-corrected chi connectivity index (χ4v) is 5.93. The smallest absolute Gasteiger partial charge is 0.319 e. The van der Waals surface area contributed by atoms with Crippen molar-refractivity contribution in [2.45, 2.75) is 57.7 Å². The summed E-state index contributed by atoms with van der Waals surface area (Å²) >= 11 is 0. The van der Waals surface area contributed by atoms with E-state index in [1.54, 1.807) is 24.3 Å². The Bertz CT molecular complexity index is 1120. The number of nitrogens with zero attached hydrogens (tertiary/aromatic N) is 2. The number of rotatable bonds is 5. The van der Waals surface area contributed by atoms with E-state index in [1.165, 1.54) is 18.1 Å². The Kier molecular flexibility index (Phi) is 6.86.